The number of aromatic amines is 1. The van der Waals surface area contributed by atoms with E-state index in [4.69, 9.17) is 11.6 Å². The van der Waals surface area contributed by atoms with Gasteiger partial charge in [0.2, 0.25) is 5.91 Å². The van der Waals surface area contributed by atoms with Crippen LogP contribution in [0.15, 0.2) is 30.6 Å². The molecule has 0 spiro atoms. The summed E-state index contributed by atoms with van der Waals surface area (Å²) in [6.45, 7) is 4.18. The number of nitrogens with one attached hydrogen (secondary N) is 2. The van der Waals surface area contributed by atoms with E-state index >= 15 is 0 Å². The Hall–Kier alpha value is -2.47. The molecule has 2 unspecified atom stereocenters. The lowest BCUT2D eigenvalue weighted by molar-refractivity contribution is -0.117. The van der Waals surface area contributed by atoms with Crippen LogP contribution >= 0.6 is 11.6 Å². The van der Waals surface area contributed by atoms with Crippen LogP contribution in [0, 0.1) is 5.92 Å². The molecule has 1 aliphatic carbocycles. The summed E-state index contributed by atoms with van der Waals surface area (Å²) in [4.78, 5) is 16.2. The fourth-order valence-corrected chi connectivity index (χ4v) is 3.33. The number of hydrogen-bond donors (Lipinski definition) is 2. The summed E-state index contributed by atoms with van der Waals surface area (Å²) in [6, 6.07) is 5.64. The summed E-state index contributed by atoms with van der Waals surface area (Å²) in [5, 5.41) is 12.1. The third kappa shape index (κ3) is 3.05. The smallest absolute Gasteiger partial charge is 0.231 e. The number of aromatic nitrogens is 3. The predicted octanol–water partition coefficient (Wildman–Crippen LogP) is 4.70. The molecule has 26 heavy (non-hydrogen) atoms. The maximum Gasteiger partial charge on any atom is 0.231 e. The highest BCUT2D eigenvalue weighted by molar-refractivity contribution is 6.36. The lowest BCUT2D eigenvalue weighted by atomic mass is 9.98. The van der Waals surface area contributed by atoms with Gasteiger partial charge in [0.25, 0.3) is 0 Å². The van der Waals surface area contributed by atoms with Crippen LogP contribution in [-0.4, -0.2) is 27.3 Å². The number of H-pyrrole nitrogens is 1. The van der Waals surface area contributed by atoms with Crippen molar-refractivity contribution in [3.8, 4) is 11.1 Å². The molecule has 4 rings (SSSR count). The topological polar surface area (TPSA) is 70.7 Å². The number of amides is 1. The van der Waals surface area contributed by atoms with E-state index in [0.717, 1.165) is 27.6 Å². The van der Waals surface area contributed by atoms with Crippen LogP contribution in [0.3, 0.4) is 0 Å². The molecule has 2 heterocycles. The van der Waals surface area contributed by atoms with E-state index in [1.807, 2.05) is 12.1 Å². The molecule has 2 N–H and O–H groups in total. The molecule has 1 saturated carbocycles. The number of benzene rings is 1. The minimum absolute atomic E-state index is 0.286. The van der Waals surface area contributed by atoms with E-state index in [0.29, 0.717) is 16.8 Å². The zero-order chi connectivity index (χ0) is 18.4. The average molecular weight is 373 g/mol. The molecular formula is C19H18ClFN4O. The second-order valence-electron chi connectivity index (χ2n) is 6.95. The van der Waals surface area contributed by atoms with Crippen molar-refractivity contribution >= 4 is 34.1 Å². The van der Waals surface area contributed by atoms with E-state index < -0.39 is 12.1 Å². The second kappa shape index (κ2) is 6.36. The Morgan fingerprint density at radius 3 is 2.81 bits per heavy atom. The standard InChI is InChI=1S/C19H18ClFN4O/c1-9(2)18-14(8-23-25-18)10-3-11-5-17(22-7-13(11)15(20)4-10)24-19(26)12-6-16(12)21/h3-5,7-9,12,16H,6H2,1-2H3,(H,23,25)(H,22,24,26). The van der Waals surface area contributed by atoms with Crippen LogP contribution in [0.5, 0.6) is 0 Å². The van der Waals surface area contributed by atoms with Gasteiger partial charge < -0.3 is 5.32 Å². The van der Waals surface area contributed by atoms with Gasteiger partial charge in [-0.2, -0.15) is 5.10 Å². The molecule has 0 radical (unpaired) electrons. The molecular weight excluding hydrogens is 355 g/mol. The Balaban J connectivity index is 1.72. The van der Waals surface area contributed by atoms with Crippen molar-refractivity contribution in [2.75, 3.05) is 5.32 Å². The van der Waals surface area contributed by atoms with Crippen LogP contribution in [0.25, 0.3) is 21.9 Å². The van der Waals surface area contributed by atoms with E-state index in [1.165, 1.54) is 0 Å². The van der Waals surface area contributed by atoms with Crippen molar-refractivity contribution < 1.29 is 9.18 Å². The molecule has 0 saturated heterocycles. The zero-order valence-corrected chi connectivity index (χ0v) is 15.1. The molecule has 2 aromatic heterocycles. The first-order valence-corrected chi connectivity index (χ1v) is 8.89. The third-order valence-electron chi connectivity index (χ3n) is 4.64. The van der Waals surface area contributed by atoms with Crippen molar-refractivity contribution in [1.82, 2.24) is 15.2 Å². The van der Waals surface area contributed by atoms with Crippen LogP contribution in [0.2, 0.25) is 5.02 Å². The summed E-state index contributed by atoms with van der Waals surface area (Å²) >= 11 is 6.44. The van der Waals surface area contributed by atoms with Crippen LogP contribution < -0.4 is 5.32 Å². The number of alkyl halides is 1. The molecule has 1 fully saturated rings. The summed E-state index contributed by atoms with van der Waals surface area (Å²) in [5.74, 6) is -0.196. The first-order chi connectivity index (χ1) is 12.4. The molecule has 0 bridgehead atoms. The lowest BCUT2D eigenvalue weighted by Crippen LogP contribution is -2.15. The van der Waals surface area contributed by atoms with Gasteiger partial charge in [-0.25, -0.2) is 9.37 Å². The molecule has 1 aromatic carbocycles. The summed E-state index contributed by atoms with van der Waals surface area (Å²) in [6.07, 6.45) is 2.65. The molecule has 1 amide bonds. The van der Waals surface area contributed by atoms with Crippen molar-refractivity contribution in [2.45, 2.75) is 32.4 Å². The van der Waals surface area contributed by atoms with Gasteiger partial charge in [-0.1, -0.05) is 25.4 Å². The second-order valence-corrected chi connectivity index (χ2v) is 7.36. The lowest BCUT2D eigenvalue weighted by Gasteiger charge is -2.10. The first-order valence-electron chi connectivity index (χ1n) is 8.52. The van der Waals surface area contributed by atoms with E-state index in [1.54, 1.807) is 18.5 Å². The van der Waals surface area contributed by atoms with E-state index in [9.17, 15) is 9.18 Å². The Morgan fingerprint density at radius 2 is 2.12 bits per heavy atom. The van der Waals surface area contributed by atoms with Gasteiger partial charge in [0, 0.05) is 22.8 Å². The van der Waals surface area contributed by atoms with Gasteiger partial charge >= 0.3 is 0 Å². The molecule has 2 atom stereocenters. The normalized spacial score (nSPS) is 19.1. The maximum atomic E-state index is 13.0. The number of nitrogens with zero attached hydrogens (tertiary/aromatic N) is 2. The molecule has 3 aromatic rings. The van der Waals surface area contributed by atoms with Crippen molar-refractivity contribution in [3.05, 3.63) is 41.3 Å². The molecule has 5 nitrogen and oxygen atoms in total. The molecule has 0 aliphatic heterocycles. The monoisotopic (exact) mass is 372 g/mol. The number of pyridine rings is 1. The van der Waals surface area contributed by atoms with Gasteiger partial charge in [-0.15, -0.1) is 0 Å². The molecule has 1 aliphatic rings. The van der Waals surface area contributed by atoms with Gasteiger partial charge in [0.15, 0.2) is 0 Å². The highest BCUT2D eigenvalue weighted by Gasteiger charge is 2.43. The summed E-state index contributed by atoms with van der Waals surface area (Å²) in [5.41, 5.74) is 2.96. The molecule has 7 heteroatoms. The Morgan fingerprint density at radius 1 is 1.35 bits per heavy atom. The van der Waals surface area contributed by atoms with Crippen LogP contribution in [0.4, 0.5) is 10.2 Å². The fourth-order valence-electron chi connectivity index (χ4n) is 3.06. The average Bonchev–Trinajstić information content (AvgIpc) is 3.13. The third-order valence-corrected chi connectivity index (χ3v) is 4.96. The highest BCUT2D eigenvalue weighted by atomic mass is 35.5. The van der Waals surface area contributed by atoms with Crippen molar-refractivity contribution in [1.29, 1.82) is 0 Å². The number of carbonyl (C=O) groups excluding carboxylic acids is 1. The Labute approximate surface area is 155 Å². The minimum Gasteiger partial charge on any atom is -0.310 e. The molecule has 134 valence electrons. The van der Waals surface area contributed by atoms with Crippen LogP contribution in [0.1, 0.15) is 31.9 Å². The number of fused-ring (bicyclic) bond motifs is 1. The maximum absolute atomic E-state index is 13.0. The van der Waals surface area contributed by atoms with Crippen molar-refractivity contribution in [3.63, 3.8) is 0 Å². The highest BCUT2D eigenvalue weighted by Crippen LogP contribution is 2.36. The predicted molar refractivity (Wildman–Crippen MR) is 100 cm³/mol. The summed E-state index contributed by atoms with van der Waals surface area (Å²) < 4.78 is 13.0. The van der Waals surface area contributed by atoms with Crippen LogP contribution in [-0.2, 0) is 4.79 Å². The van der Waals surface area contributed by atoms with Gasteiger partial charge in [0.1, 0.15) is 12.0 Å². The number of anilines is 1. The van der Waals surface area contributed by atoms with Gasteiger partial charge in [-0.3, -0.25) is 9.89 Å². The number of halogens is 2. The SMILES string of the molecule is CC(C)c1[nH]ncc1-c1cc(Cl)c2cnc(NC(=O)C3CC3F)cc2c1. The largest absolute Gasteiger partial charge is 0.310 e. The number of hydrogen-bond acceptors (Lipinski definition) is 3. The number of carbonyl (C=O) groups is 1. The first kappa shape index (κ1) is 17.0. The van der Waals surface area contributed by atoms with Crippen molar-refractivity contribution in [2.24, 2.45) is 5.92 Å². The van der Waals surface area contributed by atoms with Gasteiger partial charge in [-0.05, 0) is 41.5 Å². The van der Waals surface area contributed by atoms with E-state index in [-0.39, 0.29) is 12.3 Å². The van der Waals surface area contributed by atoms with E-state index in [2.05, 4.69) is 34.3 Å². The van der Waals surface area contributed by atoms with Gasteiger partial charge in [0.05, 0.1) is 17.1 Å². The quantitative estimate of drug-likeness (QED) is 0.697. The number of rotatable bonds is 4. The minimum atomic E-state index is -1.04. The Bertz CT molecular complexity index is 1000. The fraction of sp³-hybridized carbons (Fsp3) is 0.316. The Kier molecular flexibility index (Phi) is 4.15. The summed E-state index contributed by atoms with van der Waals surface area (Å²) in [7, 11) is 0. The zero-order valence-electron chi connectivity index (χ0n) is 14.4.